The molecule has 90 valence electrons. The van der Waals surface area contributed by atoms with E-state index >= 15 is 0 Å². The molecule has 0 saturated carbocycles. The number of hydrogen-bond donors (Lipinski definition) is 1. The Morgan fingerprint density at radius 1 is 1.11 bits per heavy atom. The third kappa shape index (κ3) is 1.79. The van der Waals surface area contributed by atoms with Crippen molar-refractivity contribution in [2.75, 3.05) is 0 Å². The molecule has 0 spiro atoms. The summed E-state index contributed by atoms with van der Waals surface area (Å²) in [5.41, 5.74) is 7.83. The summed E-state index contributed by atoms with van der Waals surface area (Å²) in [5.74, 6) is 1.63. The predicted octanol–water partition coefficient (Wildman–Crippen LogP) is 3.51. The van der Waals surface area contributed by atoms with E-state index in [2.05, 4.69) is 4.98 Å². The lowest BCUT2D eigenvalue weighted by molar-refractivity contribution is 0.491. The predicted molar refractivity (Wildman–Crippen MR) is 72.0 cm³/mol. The van der Waals surface area contributed by atoms with Gasteiger partial charge >= 0.3 is 0 Å². The highest BCUT2D eigenvalue weighted by atomic mass is 16.3. The first-order valence-corrected chi connectivity index (χ1v) is 5.95. The Morgan fingerprint density at radius 2 is 2.00 bits per heavy atom. The van der Waals surface area contributed by atoms with Crippen LogP contribution in [0.1, 0.15) is 18.7 Å². The van der Waals surface area contributed by atoms with Crippen LogP contribution in [-0.2, 0) is 0 Å². The smallest absolute Gasteiger partial charge is 0.135 e. The fourth-order valence-corrected chi connectivity index (χ4v) is 2.06. The van der Waals surface area contributed by atoms with Crippen LogP contribution < -0.4 is 5.73 Å². The molecule has 1 atom stereocenters. The molecule has 1 aromatic carbocycles. The highest BCUT2D eigenvalue weighted by Gasteiger charge is 2.10. The number of nitrogens with zero attached hydrogens (tertiary/aromatic N) is 1. The summed E-state index contributed by atoms with van der Waals surface area (Å²) < 4.78 is 5.79. The van der Waals surface area contributed by atoms with Crippen LogP contribution in [0.2, 0.25) is 0 Å². The highest BCUT2D eigenvalue weighted by Crippen LogP contribution is 2.30. The maximum absolute atomic E-state index is 5.81. The molecule has 0 aliphatic rings. The van der Waals surface area contributed by atoms with Crippen LogP contribution >= 0.6 is 0 Å². The first-order chi connectivity index (χ1) is 8.75. The zero-order chi connectivity index (χ0) is 12.5. The van der Waals surface area contributed by atoms with E-state index in [1.54, 1.807) is 6.20 Å². The molecule has 0 aliphatic carbocycles. The molecule has 3 nitrogen and oxygen atoms in total. The maximum atomic E-state index is 5.81. The van der Waals surface area contributed by atoms with Crippen molar-refractivity contribution in [2.45, 2.75) is 13.0 Å². The zero-order valence-corrected chi connectivity index (χ0v) is 10.1. The summed E-state index contributed by atoms with van der Waals surface area (Å²) >= 11 is 0. The van der Waals surface area contributed by atoms with Gasteiger partial charge in [-0.05, 0) is 31.2 Å². The third-order valence-electron chi connectivity index (χ3n) is 2.99. The Hall–Kier alpha value is -2.13. The molecule has 1 unspecified atom stereocenters. The summed E-state index contributed by atoms with van der Waals surface area (Å²) in [6.07, 6.45) is 1.79. The molecule has 3 rings (SSSR count). The van der Waals surface area contributed by atoms with Gasteiger partial charge in [0.1, 0.15) is 11.5 Å². The van der Waals surface area contributed by atoms with E-state index in [0.29, 0.717) is 0 Å². The van der Waals surface area contributed by atoms with E-state index in [1.807, 2.05) is 49.4 Å². The topological polar surface area (TPSA) is 52.0 Å². The van der Waals surface area contributed by atoms with Crippen molar-refractivity contribution in [2.24, 2.45) is 5.73 Å². The largest absolute Gasteiger partial charge is 0.459 e. The van der Waals surface area contributed by atoms with Gasteiger partial charge in [-0.1, -0.05) is 18.2 Å². The van der Waals surface area contributed by atoms with Gasteiger partial charge in [0.05, 0.1) is 11.6 Å². The van der Waals surface area contributed by atoms with Crippen LogP contribution in [0.25, 0.3) is 22.2 Å². The van der Waals surface area contributed by atoms with Crippen molar-refractivity contribution in [1.82, 2.24) is 4.98 Å². The normalized spacial score (nSPS) is 12.8. The summed E-state index contributed by atoms with van der Waals surface area (Å²) in [7, 11) is 0. The van der Waals surface area contributed by atoms with Crippen LogP contribution in [0.4, 0.5) is 0 Å². The number of nitrogens with two attached hydrogens (primary N) is 1. The van der Waals surface area contributed by atoms with Gasteiger partial charge in [-0.3, -0.25) is 4.98 Å². The third-order valence-corrected chi connectivity index (χ3v) is 2.99. The second-order valence-electron chi connectivity index (χ2n) is 4.37. The first kappa shape index (κ1) is 11.0. The average Bonchev–Trinajstić information content (AvgIpc) is 2.87. The van der Waals surface area contributed by atoms with E-state index in [9.17, 15) is 0 Å². The van der Waals surface area contributed by atoms with Crippen LogP contribution in [0, 0.1) is 0 Å². The minimum Gasteiger partial charge on any atom is -0.459 e. The number of hydrogen-bond acceptors (Lipinski definition) is 3. The van der Waals surface area contributed by atoms with E-state index in [-0.39, 0.29) is 6.04 Å². The Bertz CT molecular complexity index is 680. The summed E-state index contributed by atoms with van der Waals surface area (Å²) in [4.78, 5) is 4.34. The molecular formula is C15H14N2O. The Kier molecular flexibility index (Phi) is 2.61. The Morgan fingerprint density at radius 3 is 2.78 bits per heavy atom. The van der Waals surface area contributed by atoms with Gasteiger partial charge in [0, 0.05) is 17.1 Å². The Labute approximate surface area is 105 Å². The van der Waals surface area contributed by atoms with E-state index in [4.69, 9.17) is 10.2 Å². The van der Waals surface area contributed by atoms with Gasteiger partial charge < -0.3 is 10.2 Å². The van der Waals surface area contributed by atoms with E-state index < -0.39 is 0 Å². The molecule has 0 amide bonds. The molecule has 3 aromatic rings. The molecule has 3 heteroatoms. The van der Waals surface area contributed by atoms with Gasteiger partial charge in [-0.2, -0.15) is 0 Å². The molecular weight excluding hydrogens is 224 g/mol. The average molecular weight is 238 g/mol. The SMILES string of the molecule is CC(N)c1ccc(-c2cccc3ncccc23)o1. The zero-order valence-electron chi connectivity index (χ0n) is 10.1. The molecule has 0 fully saturated rings. The van der Waals surface area contributed by atoms with Crippen LogP contribution in [0.5, 0.6) is 0 Å². The summed E-state index contributed by atoms with van der Waals surface area (Å²) in [6, 6.07) is 13.8. The van der Waals surface area contributed by atoms with E-state index in [1.165, 1.54) is 0 Å². The van der Waals surface area contributed by atoms with Crippen molar-refractivity contribution in [1.29, 1.82) is 0 Å². The van der Waals surface area contributed by atoms with Crippen molar-refractivity contribution in [3.8, 4) is 11.3 Å². The van der Waals surface area contributed by atoms with Gasteiger partial charge in [0.25, 0.3) is 0 Å². The second kappa shape index (κ2) is 4.27. The lowest BCUT2D eigenvalue weighted by Gasteiger charge is -2.03. The molecule has 0 radical (unpaired) electrons. The minimum atomic E-state index is -0.0909. The molecule has 0 aliphatic heterocycles. The fourth-order valence-electron chi connectivity index (χ4n) is 2.06. The lowest BCUT2D eigenvalue weighted by atomic mass is 10.1. The summed E-state index contributed by atoms with van der Waals surface area (Å²) in [5, 5.41) is 1.09. The van der Waals surface area contributed by atoms with Crippen molar-refractivity contribution >= 4 is 10.9 Å². The van der Waals surface area contributed by atoms with Crippen molar-refractivity contribution in [3.63, 3.8) is 0 Å². The molecule has 18 heavy (non-hydrogen) atoms. The molecule has 2 heterocycles. The summed E-state index contributed by atoms with van der Waals surface area (Å²) in [6.45, 7) is 1.91. The van der Waals surface area contributed by atoms with Crippen LogP contribution in [-0.4, -0.2) is 4.98 Å². The molecule has 0 bridgehead atoms. The molecule has 2 N–H and O–H groups in total. The quantitative estimate of drug-likeness (QED) is 0.743. The minimum absolute atomic E-state index is 0.0909. The Balaban J connectivity index is 2.18. The number of fused-ring (bicyclic) bond motifs is 1. The monoisotopic (exact) mass is 238 g/mol. The first-order valence-electron chi connectivity index (χ1n) is 5.95. The lowest BCUT2D eigenvalue weighted by Crippen LogP contribution is -2.02. The van der Waals surface area contributed by atoms with Gasteiger partial charge in [-0.15, -0.1) is 0 Å². The van der Waals surface area contributed by atoms with Gasteiger partial charge in [-0.25, -0.2) is 0 Å². The number of pyridine rings is 1. The van der Waals surface area contributed by atoms with Gasteiger partial charge in [0.2, 0.25) is 0 Å². The number of rotatable bonds is 2. The number of benzene rings is 1. The standard InChI is InChI=1S/C15H14N2O/c1-10(16)14-7-8-15(18-14)12-4-2-6-13-11(12)5-3-9-17-13/h2-10H,16H2,1H3. The van der Waals surface area contributed by atoms with Crippen LogP contribution in [0.3, 0.4) is 0 Å². The fraction of sp³-hybridized carbons (Fsp3) is 0.133. The molecule has 0 saturated heterocycles. The molecule has 2 aromatic heterocycles. The highest BCUT2D eigenvalue weighted by molar-refractivity contribution is 5.93. The van der Waals surface area contributed by atoms with E-state index in [0.717, 1.165) is 28.0 Å². The maximum Gasteiger partial charge on any atom is 0.135 e. The van der Waals surface area contributed by atoms with Gasteiger partial charge in [0.15, 0.2) is 0 Å². The van der Waals surface area contributed by atoms with Crippen molar-refractivity contribution < 1.29 is 4.42 Å². The van der Waals surface area contributed by atoms with Crippen molar-refractivity contribution in [3.05, 3.63) is 54.4 Å². The number of aromatic nitrogens is 1. The van der Waals surface area contributed by atoms with Crippen LogP contribution in [0.15, 0.2) is 53.1 Å². The number of furan rings is 1. The second-order valence-corrected chi connectivity index (χ2v) is 4.37.